The zero-order valence-corrected chi connectivity index (χ0v) is 18.5. The molecule has 0 atom stereocenters. The minimum absolute atomic E-state index is 0.112. The lowest BCUT2D eigenvalue weighted by Gasteiger charge is -2.21. The van der Waals surface area contributed by atoms with Gasteiger partial charge in [0.1, 0.15) is 52.0 Å². The van der Waals surface area contributed by atoms with Gasteiger partial charge >= 0.3 is 6.11 Å². The number of unbranched alkanes of at least 4 members (excludes halogenated alkanes) is 2. The van der Waals surface area contributed by atoms with Crippen LogP contribution in [0.4, 0.5) is 35.1 Å². The lowest BCUT2D eigenvalue weighted by Crippen LogP contribution is -2.26. The standard InChI is InChI=1S/C25H16F8NO2/c1-2-3-4-5-12-6-17(28)21(18(29)7-12)22-20(35)10-19(30)23(24(22)31)25(32,33)36-13-8-15(26)14(11-34)16(27)9-13/h6-10H,2-5H2,1H3. The molecule has 0 N–H and O–H groups in total. The van der Waals surface area contributed by atoms with Crippen LogP contribution in [0.5, 0.6) is 11.5 Å². The van der Waals surface area contributed by atoms with Gasteiger partial charge < -0.3 is 4.74 Å². The van der Waals surface area contributed by atoms with Crippen LogP contribution in [0.3, 0.4) is 0 Å². The van der Waals surface area contributed by atoms with E-state index in [0.717, 1.165) is 31.0 Å². The molecule has 3 rings (SSSR count). The smallest absolute Gasteiger partial charge is 0.429 e. The molecule has 0 aliphatic rings. The number of rotatable bonds is 8. The SMILES string of the molecule is CCCCCc1cc(F)c(-c2c([O])cc(F)c(C(F)(F)Oc3cc(F)c(C#N)c(F)c3)c2F)c(F)c1. The molecule has 36 heavy (non-hydrogen) atoms. The highest BCUT2D eigenvalue weighted by atomic mass is 19.3. The first-order chi connectivity index (χ1) is 16.9. The van der Waals surface area contributed by atoms with E-state index in [0.29, 0.717) is 6.42 Å². The van der Waals surface area contributed by atoms with E-state index < -0.39 is 74.8 Å². The molecule has 1 radical (unpaired) electrons. The molecule has 3 nitrogen and oxygen atoms in total. The molecule has 0 heterocycles. The Kier molecular flexibility index (Phi) is 7.77. The van der Waals surface area contributed by atoms with Crippen molar-refractivity contribution >= 4 is 0 Å². The second kappa shape index (κ2) is 10.4. The Bertz CT molecular complexity index is 1300. The molecule has 0 amide bonds. The van der Waals surface area contributed by atoms with E-state index in [1.807, 2.05) is 6.92 Å². The van der Waals surface area contributed by atoms with Gasteiger partial charge in [-0.3, -0.25) is 5.11 Å². The number of hydrogen-bond donors (Lipinski definition) is 0. The lowest BCUT2D eigenvalue weighted by molar-refractivity contribution is -0.189. The van der Waals surface area contributed by atoms with Crippen LogP contribution in [0.1, 0.15) is 42.9 Å². The molecule has 0 saturated heterocycles. The molecule has 11 heteroatoms. The van der Waals surface area contributed by atoms with E-state index >= 15 is 4.39 Å². The molecule has 0 unspecified atom stereocenters. The van der Waals surface area contributed by atoms with E-state index in [1.165, 1.54) is 0 Å². The van der Waals surface area contributed by atoms with Gasteiger partial charge in [-0.15, -0.1) is 0 Å². The molecule has 3 aromatic carbocycles. The third-order valence-corrected chi connectivity index (χ3v) is 5.27. The van der Waals surface area contributed by atoms with E-state index in [9.17, 15) is 35.8 Å². The van der Waals surface area contributed by atoms with Gasteiger partial charge in [0.05, 0.1) is 11.1 Å². The zero-order chi connectivity index (χ0) is 26.8. The highest BCUT2D eigenvalue weighted by Crippen LogP contribution is 2.44. The van der Waals surface area contributed by atoms with Crippen molar-refractivity contribution in [2.45, 2.75) is 38.7 Å². The minimum Gasteiger partial charge on any atom is -0.429 e. The first-order valence-electron chi connectivity index (χ1n) is 10.5. The fourth-order valence-corrected chi connectivity index (χ4v) is 3.60. The summed E-state index contributed by atoms with van der Waals surface area (Å²) in [7, 11) is 0. The third-order valence-electron chi connectivity index (χ3n) is 5.27. The van der Waals surface area contributed by atoms with Crippen LogP contribution >= 0.6 is 0 Å². The van der Waals surface area contributed by atoms with Crippen molar-refractivity contribution in [1.29, 1.82) is 5.26 Å². The molecule has 0 saturated carbocycles. The molecular weight excluding hydrogens is 498 g/mol. The van der Waals surface area contributed by atoms with E-state index in [-0.39, 0.29) is 30.2 Å². The Morgan fingerprint density at radius 2 is 1.42 bits per heavy atom. The number of alkyl halides is 2. The quantitative estimate of drug-likeness (QED) is 0.226. The van der Waals surface area contributed by atoms with Gasteiger partial charge in [0.2, 0.25) is 0 Å². The van der Waals surface area contributed by atoms with Gasteiger partial charge in [-0.05, 0) is 30.5 Å². The van der Waals surface area contributed by atoms with E-state index in [4.69, 9.17) is 5.26 Å². The van der Waals surface area contributed by atoms with Gasteiger partial charge in [-0.25, -0.2) is 26.3 Å². The number of halogens is 8. The number of hydrogen-bond acceptors (Lipinski definition) is 2. The van der Waals surface area contributed by atoms with E-state index in [1.54, 1.807) is 0 Å². The van der Waals surface area contributed by atoms with Crippen molar-refractivity contribution < 1.29 is 45.0 Å². The van der Waals surface area contributed by atoms with Crippen LogP contribution in [0.25, 0.3) is 11.1 Å². The molecule has 0 fully saturated rings. The lowest BCUT2D eigenvalue weighted by atomic mass is 9.96. The van der Waals surface area contributed by atoms with Crippen LogP contribution in [0.15, 0.2) is 30.3 Å². The predicted molar refractivity (Wildman–Crippen MR) is 111 cm³/mol. The summed E-state index contributed by atoms with van der Waals surface area (Å²) in [6.45, 7) is 1.91. The number of nitrogens with zero attached hydrogens (tertiary/aromatic N) is 1. The average Bonchev–Trinajstić information content (AvgIpc) is 2.74. The molecule has 0 spiro atoms. The first kappa shape index (κ1) is 26.8. The minimum atomic E-state index is -5.00. The summed E-state index contributed by atoms with van der Waals surface area (Å²) < 4.78 is 120. The van der Waals surface area contributed by atoms with Crippen LogP contribution in [0.2, 0.25) is 0 Å². The average molecular weight is 514 g/mol. The molecule has 189 valence electrons. The Morgan fingerprint density at radius 3 is 1.94 bits per heavy atom. The summed E-state index contributed by atoms with van der Waals surface area (Å²) in [5.74, 6) is -13.4. The third kappa shape index (κ3) is 5.22. The Balaban J connectivity index is 2.10. The van der Waals surface area contributed by atoms with Crippen molar-refractivity contribution in [2.24, 2.45) is 0 Å². The van der Waals surface area contributed by atoms with Gasteiger partial charge in [0.25, 0.3) is 0 Å². The topological polar surface area (TPSA) is 52.9 Å². The molecule has 0 aliphatic carbocycles. The first-order valence-corrected chi connectivity index (χ1v) is 10.5. The van der Waals surface area contributed by atoms with Crippen molar-refractivity contribution in [3.63, 3.8) is 0 Å². The Hall–Kier alpha value is -3.81. The van der Waals surface area contributed by atoms with Crippen LogP contribution in [-0.4, -0.2) is 0 Å². The maximum atomic E-state index is 15.1. The van der Waals surface area contributed by atoms with Gasteiger partial charge in [-0.1, -0.05) is 19.8 Å². The fourth-order valence-electron chi connectivity index (χ4n) is 3.60. The highest BCUT2D eigenvalue weighted by Gasteiger charge is 2.44. The van der Waals surface area contributed by atoms with Crippen molar-refractivity contribution in [1.82, 2.24) is 0 Å². The van der Waals surface area contributed by atoms with E-state index in [2.05, 4.69) is 4.74 Å². The van der Waals surface area contributed by atoms with Crippen molar-refractivity contribution in [3.05, 3.63) is 81.9 Å². The zero-order valence-electron chi connectivity index (χ0n) is 18.5. The summed E-state index contributed by atoms with van der Waals surface area (Å²) in [5.41, 5.74) is -5.96. The van der Waals surface area contributed by atoms with Gasteiger partial charge in [-0.2, -0.15) is 14.0 Å². The second-order valence-corrected chi connectivity index (χ2v) is 7.80. The maximum absolute atomic E-state index is 15.1. The molecular formula is C25H16F8NO2. The number of nitriles is 1. The van der Waals surface area contributed by atoms with Gasteiger partial charge in [0, 0.05) is 18.2 Å². The number of aryl methyl sites for hydroxylation is 1. The van der Waals surface area contributed by atoms with Gasteiger partial charge in [0.15, 0.2) is 11.6 Å². The molecule has 0 bridgehead atoms. The molecule has 3 aromatic rings. The summed E-state index contributed by atoms with van der Waals surface area (Å²) in [5, 5.41) is 20.9. The number of ether oxygens (including phenoxy) is 1. The summed E-state index contributed by atoms with van der Waals surface area (Å²) in [6, 6.07) is 3.00. The predicted octanol–water partition coefficient (Wildman–Crippen LogP) is 8.06. The maximum Gasteiger partial charge on any atom is 0.432 e. The van der Waals surface area contributed by atoms with Crippen molar-refractivity contribution in [3.8, 4) is 28.7 Å². The summed E-state index contributed by atoms with van der Waals surface area (Å²) in [6.07, 6.45) is -2.59. The van der Waals surface area contributed by atoms with Crippen molar-refractivity contribution in [2.75, 3.05) is 0 Å². The Morgan fingerprint density at radius 1 is 0.833 bits per heavy atom. The second-order valence-electron chi connectivity index (χ2n) is 7.80. The normalized spacial score (nSPS) is 11.4. The monoisotopic (exact) mass is 514 g/mol. The van der Waals surface area contributed by atoms with Crippen LogP contribution in [0, 0.1) is 46.2 Å². The fraction of sp³-hybridized carbons (Fsp3) is 0.240. The summed E-state index contributed by atoms with van der Waals surface area (Å²) >= 11 is 0. The van der Waals surface area contributed by atoms with Crippen LogP contribution in [-0.2, 0) is 17.6 Å². The highest BCUT2D eigenvalue weighted by molar-refractivity contribution is 5.73. The largest absolute Gasteiger partial charge is 0.432 e. The van der Waals surface area contributed by atoms with Crippen LogP contribution < -0.4 is 4.74 Å². The molecule has 0 aromatic heterocycles. The summed E-state index contributed by atoms with van der Waals surface area (Å²) in [4.78, 5) is 0. The number of benzene rings is 3. The molecule has 0 aliphatic heterocycles. The Labute approximate surface area is 200 Å².